The van der Waals surface area contributed by atoms with Crippen LogP contribution >= 0.6 is 0 Å². The number of aromatic nitrogens is 5. The maximum Gasteiger partial charge on any atom is 0.328 e. The third-order valence-electron chi connectivity index (χ3n) is 6.40. The minimum Gasteiger partial charge on any atom is -0.467 e. The van der Waals surface area contributed by atoms with Gasteiger partial charge >= 0.3 is 5.97 Å². The summed E-state index contributed by atoms with van der Waals surface area (Å²) in [6.45, 7) is 4.88. The summed E-state index contributed by atoms with van der Waals surface area (Å²) in [5, 5.41) is 13.8. The van der Waals surface area contributed by atoms with Gasteiger partial charge in [-0.2, -0.15) is 0 Å². The highest BCUT2D eigenvalue weighted by molar-refractivity contribution is 5.90. The van der Waals surface area contributed by atoms with Crippen molar-refractivity contribution in [2.75, 3.05) is 7.11 Å². The van der Waals surface area contributed by atoms with E-state index in [2.05, 4.69) is 40.6 Å². The third-order valence-corrected chi connectivity index (χ3v) is 6.40. The molecule has 0 aliphatic rings. The van der Waals surface area contributed by atoms with Gasteiger partial charge in [0.2, 0.25) is 11.8 Å². The molecule has 4 aromatic rings. The molecule has 0 spiro atoms. The van der Waals surface area contributed by atoms with Crippen LogP contribution in [0.15, 0.2) is 79.3 Å². The average molecular weight is 571 g/mol. The van der Waals surface area contributed by atoms with Crippen molar-refractivity contribution in [3.8, 4) is 5.69 Å². The van der Waals surface area contributed by atoms with Crippen molar-refractivity contribution in [1.29, 1.82) is 0 Å². The molecule has 0 bridgehead atoms. The van der Waals surface area contributed by atoms with Crippen molar-refractivity contribution in [2.24, 2.45) is 0 Å². The predicted molar refractivity (Wildman–Crippen MR) is 154 cm³/mol. The molecular weight excluding hydrogens is 536 g/mol. The largest absolute Gasteiger partial charge is 0.467 e. The highest BCUT2D eigenvalue weighted by atomic mass is 16.5. The van der Waals surface area contributed by atoms with Gasteiger partial charge in [-0.1, -0.05) is 29.5 Å². The number of nitrogens with zero attached hydrogens (tertiary/aromatic N) is 6. The van der Waals surface area contributed by atoms with Gasteiger partial charge in [0.15, 0.2) is 0 Å². The van der Waals surface area contributed by atoms with Crippen LogP contribution in [0.3, 0.4) is 0 Å². The molecule has 0 unspecified atom stereocenters. The summed E-state index contributed by atoms with van der Waals surface area (Å²) in [5.41, 5.74) is 4.25. The van der Waals surface area contributed by atoms with Crippen LogP contribution in [0.2, 0.25) is 0 Å². The number of hydrogen-bond donors (Lipinski definition) is 2. The van der Waals surface area contributed by atoms with Crippen LogP contribution in [0.1, 0.15) is 36.5 Å². The number of nitrogens with one attached hydrogen (secondary N) is 2. The number of pyridine rings is 2. The van der Waals surface area contributed by atoms with E-state index < -0.39 is 24.0 Å². The maximum atomic E-state index is 12.5. The molecule has 3 aromatic heterocycles. The van der Waals surface area contributed by atoms with E-state index in [0.717, 1.165) is 28.3 Å². The zero-order chi connectivity index (χ0) is 29.9. The molecule has 4 rings (SSSR count). The normalized spacial score (nSPS) is 12.4. The van der Waals surface area contributed by atoms with E-state index in [0.29, 0.717) is 19.6 Å². The second kappa shape index (κ2) is 14.6. The summed E-state index contributed by atoms with van der Waals surface area (Å²) >= 11 is 0. The van der Waals surface area contributed by atoms with Crippen LogP contribution in [0.4, 0.5) is 0 Å². The summed E-state index contributed by atoms with van der Waals surface area (Å²) in [5.74, 6) is -1.36. The average Bonchev–Trinajstić information content (AvgIpc) is 3.46. The van der Waals surface area contributed by atoms with Crippen LogP contribution in [0, 0.1) is 0 Å². The van der Waals surface area contributed by atoms with E-state index >= 15 is 0 Å². The Balaban J connectivity index is 1.34. The Bertz CT molecular complexity index is 1420. The van der Waals surface area contributed by atoms with E-state index in [1.165, 1.54) is 14.0 Å². The van der Waals surface area contributed by atoms with Crippen molar-refractivity contribution < 1.29 is 19.1 Å². The van der Waals surface area contributed by atoms with E-state index in [1.807, 2.05) is 66.9 Å². The van der Waals surface area contributed by atoms with Gasteiger partial charge < -0.3 is 15.4 Å². The maximum absolute atomic E-state index is 12.5. The standard InChI is InChI=1S/C30H34N8O4/c1-21(29(40)34-22(2)30(41)42-3)33-28(39)16-23-10-12-27(13-11-23)38-20-26(35-36-38)19-37(17-24-8-4-6-14-31-24)18-25-9-5-7-15-32-25/h4-15,20-22H,16-19H2,1-3H3,(H,33,39)(H,34,40)/t21-,22-/m1/s1. The van der Waals surface area contributed by atoms with Gasteiger partial charge in [-0.05, 0) is 55.8 Å². The second-order valence-corrected chi connectivity index (χ2v) is 9.83. The second-order valence-electron chi connectivity index (χ2n) is 9.83. The molecule has 42 heavy (non-hydrogen) atoms. The Kier molecular flexibility index (Phi) is 10.4. The van der Waals surface area contributed by atoms with Crippen molar-refractivity contribution in [1.82, 2.24) is 40.5 Å². The van der Waals surface area contributed by atoms with E-state index in [-0.39, 0.29) is 12.3 Å². The fourth-order valence-corrected chi connectivity index (χ4v) is 4.22. The number of rotatable bonds is 13. The summed E-state index contributed by atoms with van der Waals surface area (Å²) in [4.78, 5) is 47.4. The predicted octanol–water partition coefficient (Wildman–Crippen LogP) is 1.98. The molecule has 0 radical (unpaired) electrons. The minimum atomic E-state index is -0.813. The quantitative estimate of drug-likeness (QED) is 0.231. The van der Waals surface area contributed by atoms with Crippen LogP contribution in [0.5, 0.6) is 0 Å². The lowest BCUT2D eigenvalue weighted by molar-refractivity contribution is -0.144. The number of benzene rings is 1. The number of carbonyl (C=O) groups is 3. The van der Waals surface area contributed by atoms with Gasteiger partial charge in [0, 0.05) is 32.0 Å². The molecule has 1 aromatic carbocycles. The topological polar surface area (TPSA) is 144 Å². The lowest BCUT2D eigenvalue weighted by Crippen LogP contribution is -2.49. The summed E-state index contributed by atoms with van der Waals surface area (Å²) in [6.07, 6.45) is 5.52. The Labute approximate surface area is 244 Å². The van der Waals surface area contributed by atoms with Crippen LogP contribution < -0.4 is 10.6 Å². The van der Waals surface area contributed by atoms with Crippen LogP contribution in [0.25, 0.3) is 5.69 Å². The Morgan fingerprint density at radius 1 is 0.833 bits per heavy atom. The zero-order valence-corrected chi connectivity index (χ0v) is 23.8. The van der Waals surface area contributed by atoms with Crippen LogP contribution in [-0.2, 0) is 45.2 Å². The lowest BCUT2D eigenvalue weighted by Gasteiger charge is -2.20. The van der Waals surface area contributed by atoms with Crippen LogP contribution in [-0.4, -0.2) is 66.8 Å². The molecule has 0 saturated carbocycles. The van der Waals surface area contributed by atoms with Gasteiger partial charge in [0.25, 0.3) is 0 Å². The summed E-state index contributed by atoms with van der Waals surface area (Å²) in [7, 11) is 1.24. The first-order valence-electron chi connectivity index (χ1n) is 13.5. The molecule has 3 heterocycles. The molecule has 0 aliphatic heterocycles. The van der Waals surface area contributed by atoms with Crippen molar-refractivity contribution >= 4 is 17.8 Å². The SMILES string of the molecule is COC(=O)[C@@H](C)NC(=O)[C@@H](C)NC(=O)Cc1ccc(-n2cc(CN(Cc3ccccn3)Cc3ccccn3)nn2)cc1. The molecule has 12 heteroatoms. The van der Waals surface area contributed by atoms with Gasteiger partial charge in [-0.3, -0.25) is 24.5 Å². The number of amides is 2. The first-order valence-corrected chi connectivity index (χ1v) is 13.5. The number of hydrogen-bond acceptors (Lipinski definition) is 9. The van der Waals surface area contributed by atoms with Gasteiger partial charge in [0.05, 0.1) is 42.5 Å². The highest BCUT2D eigenvalue weighted by Gasteiger charge is 2.21. The smallest absolute Gasteiger partial charge is 0.328 e. The zero-order valence-electron chi connectivity index (χ0n) is 23.8. The van der Waals surface area contributed by atoms with Gasteiger partial charge in [-0.25, -0.2) is 9.48 Å². The van der Waals surface area contributed by atoms with Gasteiger partial charge in [-0.15, -0.1) is 5.10 Å². The Morgan fingerprint density at radius 3 is 2.02 bits per heavy atom. The summed E-state index contributed by atoms with van der Waals surface area (Å²) < 4.78 is 6.29. The fraction of sp³-hybridized carbons (Fsp3) is 0.300. The molecule has 0 fully saturated rings. The molecular formula is C30H34N8O4. The number of esters is 1. The fourth-order valence-electron chi connectivity index (χ4n) is 4.22. The number of methoxy groups -OCH3 is 1. The molecule has 2 amide bonds. The first kappa shape index (κ1) is 30.0. The first-order chi connectivity index (χ1) is 20.3. The van der Waals surface area contributed by atoms with E-state index in [9.17, 15) is 14.4 Å². The van der Waals surface area contributed by atoms with Crippen molar-refractivity contribution in [3.63, 3.8) is 0 Å². The van der Waals surface area contributed by atoms with Gasteiger partial charge in [0.1, 0.15) is 12.1 Å². The van der Waals surface area contributed by atoms with E-state index in [1.54, 1.807) is 24.0 Å². The highest BCUT2D eigenvalue weighted by Crippen LogP contribution is 2.14. The third kappa shape index (κ3) is 8.77. The molecule has 2 atom stereocenters. The number of carbonyl (C=O) groups excluding carboxylic acids is 3. The Hall–Kier alpha value is -4.97. The molecule has 2 N–H and O–H groups in total. The lowest BCUT2D eigenvalue weighted by atomic mass is 10.1. The van der Waals surface area contributed by atoms with Crippen molar-refractivity contribution in [2.45, 2.75) is 52.0 Å². The molecule has 0 aliphatic carbocycles. The monoisotopic (exact) mass is 570 g/mol. The minimum absolute atomic E-state index is 0.0864. The molecule has 218 valence electrons. The van der Waals surface area contributed by atoms with Crippen molar-refractivity contribution in [3.05, 3.63) is 102 Å². The molecule has 12 nitrogen and oxygen atoms in total. The molecule has 0 saturated heterocycles. The van der Waals surface area contributed by atoms with E-state index in [4.69, 9.17) is 0 Å². The number of ether oxygens (including phenoxy) is 1. The Morgan fingerprint density at radius 2 is 1.45 bits per heavy atom. The summed E-state index contributed by atoms with van der Waals surface area (Å²) in [6, 6.07) is 17.5.